The normalized spacial score (nSPS) is 10.7. The molecule has 0 heterocycles. The maximum Gasteiger partial charge on any atom is 0.319 e. The van der Waals surface area contributed by atoms with Gasteiger partial charge in [0.15, 0.2) is 0 Å². The number of esters is 1. The molecule has 0 aromatic heterocycles. The van der Waals surface area contributed by atoms with Crippen molar-refractivity contribution in [3.8, 4) is 0 Å². The minimum atomic E-state index is -0.261. The molecule has 5 heteroatoms. The maximum absolute atomic E-state index is 11.5. The molecule has 5 nitrogen and oxygen atoms in total. The summed E-state index contributed by atoms with van der Waals surface area (Å²) in [4.78, 5) is 24.6. The highest BCUT2D eigenvalue weighted by atomic mass is 16.5. The molecule has 0 aromatic carbocycles. The molecule has 0 unspecified atom stereocenters. The number of carbonyl (C=O) groups excluding carboxylic acids is 2. The number of nitrogens with one attached hydrogen (secondary N) is 1. The first-order chi connectivity index (χ1) is 7.99. The Morgan fingerprint density at radius 2 is 1.94 bits per heavy atom. The SMILES string of the molecule is CCCN(CCC(=O)NC(C)C)CC(=O)OC. The molecule has 0 radical (unpaired) electrons. The van der Waals surface area contributed by atoms with Crippen molar-refractivity contribution in [2.45, 2.75) is 39.7 Å². The Morgan fingerprint density at radius 1 is 1.29 bits per heavy atom. The Bertz CT molecular complexity index is 242. The van der Waals surface area contributed by atoms with E-state index in [0.29, 0.717) is 13.0 Å². The number of amides is 1. The van der Waals surface area contributed by atoms with Crippen molar-refractivity contribution in [3.63, 3.8) is 0 Å². The lowest BCUT2D eigenvalue weighted by Gasteiger charge is -2.20. The lowest BCUT2D eigenvalue weighted by atomic mass is 10.3. The van der Waals surface area contributed by atoms with Gasteiger partial charge in [0.1, 0.15) is 0 Å². The van der Waals surface area contributed by atoms with Gasteiger partial charge >= 0.3 is 5.97 Å². The molecule has 0 atom stereocenters. The van der Waals surface area contributed by atoms with Crippen LogP contribution in [0.5, 0.6) is 0 Å². The van der Waals surface area contributed by atoms with E-state index in [9.17, 15) is 9.59 Å². The second-order valence-corrected chi connectivity index (χ2v) is 4.32. The molecule has 0 aliphatic carbocycles. The number of hydrogen-bond acceptors (Lipinski definition) is 4. The Balaban J connectivity index is 3.99. The Kier molecular flexibility index (Phi) is 8.40. The van der Waals surface area contributed by atoms with Crippen molar-refractivity contribution in [1.82, 2.24) is 10.2 Å². The predicted octanol–water partition coefficient (Wildman–Crippen LogP) is 0.786. The number of methoxy groups -OCH3 is 1. The van der Waals surface area contributed by atoms with Crippen molar-refractivity contribution >= 4 is 11.9 Å². The zero-order valence-electron chi connectivity index (χ0n) is 11.3. The summed E-state index contributed by atoms with van der Waals surface area (Å²) in [6.07, 6.45) is 1.36. The van der Waals surface area contributed by atoms with E-state index in [1.807, 2.05) is 25.7 Å². The Morgan fingerprint density at radius 3 is 2.41 bits per heavy atom. The highest BCUT2D eigenvalue weighted by molar-refractivity contribution is 5.76. The van der Waals surface area contributed by atoms with Crippen molar-refractivity contribution in [2.75, 3.05) is 26.7 Å². The molecule has 17 heavy (non-hydrogen) atoms. The number of rotatable bonds is 8. The van der Waals surface area contributed by atoms with Gasteiger partial charge in [-0.2, -0.15) is 0 Å². The Hall–Kier alpha value is -1.10. The van der Waals surface area contributed by atoms with Crippen LogP contribution >= 0.6 is 0 Å². The molecule has 0 aliphatic heterocycles. The molecular formula is C12H24N2O3. The van der Waals surface area contributed by atoms with Crippen LogP contribution in [0.2, 0.25) is 0 Å². The van der Waals surface area contributed by atoms with E-state index in [1.54, 1.807) is 0 Å². The smallest absolute Gasteiger partial charge is 0.319 e. The second-order valence-electron chi connectivity index (χ2n) is 4.32. The summed E-state index contributed by atoms with van der Waals surface area (Å²) in [5, 5.41) is 2.83. The van der Waals surface area contributed by atoms with Gasteiger partial charge in [0, 0.05) is 19.0 Å². The molecule has 100 valence electrons. The van der Waals surface area contributed by atoms with E-state index in [4.69, 9.17) is 0 Å². The third kappa shape index (κ3) is 8.68. The first kappa shape index (κ1) is 15.9. The van der Waals surface area contributed by atoms with Crippen LogP contribution < -0.4 is 5.32 Å². The van der Waals surface area contributed by atoms with E-state index in [2.05, 4.69) is 10.1 Å². The van der Waals surface area contributed by atoms with E-state index < -0.39 is 0 Å². The lowest BCUT2D eigenvalue weighted by Crippen LogP contribution is -2.36. The van der Waals surface area contributed by atoms with Crippen molar-refractivity contribution in [3.05, 3.63) is 0 Å². The first-order valence-electron chi connectivity index (χ1n) is 6.08. The van der Waals surface area contributed by atoms with Crippen molar-refractivity contribution < 1.29 is 14.3 Å². The van der Waals surface area contributed by atoms with Crippen LogP contribution in [0.4, 0.5) is 0 Å². The second kappa shape index (κ2) is 8.98. The average molecular weight is 244 g/mol. The van der Waals surface area contributed by atoms with E-state index in [-0.39, 0.29) is 24.5 Å². The molecule has 0 aromatic rings. The summed E-state index contributed by atoms with van der Waals surface area (Å²) >= 11 is 0. The molecule has 0 fully saturated rings. The zero-order valence-corrected chi connectivity index (χ0v) is 11.3. The quantitative estimate of drug-likeness (QED) is 0.641. The van der Waals surface area contributed by atoms with Gasteiger partial charge in [0.2, 0.25) is 5.91 Å². The van der Waals surface area contributed by atoms with Crippen molar-refractivity contribution in [1.29, 1.82) is 0 Å². The largest absolute Gasteiger partial charge is 0.468 e. The molecule has 0 rings (SSSR count). The van der Waals surface area contributed by atoms with Gasteiger partial charge in [-0.25, -0.2) is 0 Å². The van der Waals surface area contributed by atoms with Gasteiger partial charge in [-0.3, -0.25) is 14.5 Å². The molecular weight excluding hydrogens is 220 g/mol. The van der Waals surface area contributed by atoms with E-state index >= 15 is 0 Å². The molecule has 0 aliphatic rings. The predicted molar refractivity (Wildman–Crippen MR) is 66.6 cm³/mol. The molecule has 1 N–H and O–H groups in total. The van der Waals surface area contributed by atoms with Crippen molar-refractivity contribution in [2.24, 2.45) is 0 Å². The van der Waals surface area contributed by atoms with Gasteiger partial charge in [-0.15, -0.1) is 0 Å². The third-order valence-electron chi connectivity index (χ3n) is 2.22. The topological polar surface area (TPSA) is 58.6 Å². The van der Waals surface area contributed by atoms with E-state index in [0.717, 1.165) is 13.0 Å². The van der Waals surface area contributed by atoms with Gasteiger partial charge in [-0.05, 0) is 26.8 Å². The number of nitrogens with zero attached hydrogens (tertiary/aromatic N) is 1. The van der Waals surface area contributed by atoms with Gasteiger partial charge in [-0.1, -0.05) is 6.92 Å². The summed E-state index contributed by atoms with van der Waals surface area (Å²) < 4.78 is 4.62. The van der Waals surface area contributed by atoms with Crippen LogP contribution in [0.25, 0.3) is 0 Å². The fraction of sp³-hybridized carbons (Fsp3) is 0.833. The average Bonchev–Trinajstić information content (AvgIpc) is 2.25. The number of carbonyl (C=O) groups is 2. The number of hydrogen-bond donors (Lipinski definition) is 1. The third-order valence-corrected chi connectivity index (χ3v) is 2.22. The highest BCUT2D eigenvalue weighted by Crippen LogP contribution is 1.96. The minimum absolute atomic E-state index is 0.0194. The lowest BCUT2D eigenvalue weighted by molar-refractivity contribution is -0.142. The highest BCUT2D eigenvalue weighted by Gasteiger charge is 2.12. The standard InChI is InChI=1S/C12H24N2O3/c1-5-7-14(9-12(16)17-4)8-6-11(15)13-10(2)3/h10H,5-9H2,1-4H3,(H,13,15). The minimum Gasteiger partial charge on any atom is -0.468 e. The van der Waals surface area contributed by atoms with Gasteiger partial charge in [0.05, 0.1) is 13.7 Å². The summed E-state index contributed by atoms with van der Waals surface area (Å²) in [5.74, 6) is -0.242. The summed E-state index contributed by atoms with van der Waals surface area (Å²) in [6, 6.07) is 0.155. The molecule has 1 amide bonds. The monoisotopic (exact) mass is 244 g/mol. The van der Waals surface area contributed by atoms with Crippen LogP contribution in [-0.4, -0.2) is 49.6 Å². The van der Waals surface area contributed by atoms with Crippen LogP contribution in [0.1, 0.15) is 33.6 Å². The fourth-order valence-electron chi connectivity index (χ4n) is 1.49. The molecule has 0 saturated heterocycles. The van der Waals surface area contributed by atoms with Crippen LogP contribution in [0, 0.1) is 0 Å². The van der Waals surface area contributed by atoms with Crippen LogP contribution in [0.3, 0.4) is 0 Å². The molecule has 0 spiro atoms. The molecule has 0 saturated carbocycles. The van der Waals surface area contributed by atoms with E-state index in [1.165, 1.54) is 7.11 Å². The first-order valence-corrected chi connectivity index (χ1v) is 6.08. The van der Waals surface area contributed by atoms with Gasteiger partial charge in [0.25, 0.3) is 0 Å². The fourth-order valence-corrected chi connectivity index (χ4v) is 1.49. The summed E-state index contributed by atoms with van der Waals surface area (Å²) in [6.45, 7) is 7.52. The number of ether oxygens (including phenoxy) is 1. The summed E-state index contributed by atoms with van der Waals surface area (Å²) in [7, 11) is 1.37. The van der Waals surface area contributed by atoms with Crippen LogP contribution in [-0.2, 0) is 14.3 Å². The Labute approximate surface area is 103 Å². The summed E-state index contributed by atoms with van der Waals surface area (Å²) in [5.41, 5.74) is 0. The molecule has 0 bridgehead atoms. The van der Waals surface area contributed by atoms with Gasteiger partial charge < -0.3 is 10.1 Å². The zero-order chi connectivity index (χ0) is 13.3. The van der Waals surface area contributed by atoms with Crippen LogP contribution in [0.15, 0.2) is 0 Å². The maximum atomic E-state index is 11.5.